The van der Waals surface area contributed by atoms with Crippen LogP contribution < -0.4 is 10.6 Å². The molecular weight excluding hydrogens is 306 g/mol. The molecule has 0 atom stereocenters. The third kappa shape index (κ3) is 4.50. The standard InChI is InChI=1S/C16H14F2N2O3/c1-23-16(22)10-3-2-4-11(7-10)19-9-15(21)20-12-5-6-13(17)14(18)8-12/h2-8,19H,9H2,1H3,(H,20,21). The molecule has 2 aromatic rings. The molecule has 1 amide bonds. The molecule has 2 rings (SSSR count). The predicted molar refractivity (Wildman–Crippen MR) is 81.3 cm³/mol. The Bertz CT molecular complexity index is 735. The predicted octanol–water partition coefficient (Wildman–Crippen LogP) is 2.80. The molecule has 0 bridgehead atoms. The number of halogens is 2. The summed E-state index contributed by atoms with van der Waals surface area (Å²) < 4.78 is 30.5. The summed E-state index contributed by atoms with van der Waals surface area (Å²) in [5.41, 5.74) is 1.05. The summed E-state index contributed by atoms with van der Waals surface area (Å²) in [5, 5.41) is 5.25. The third-order valence-electron chi connectivity index (χ3n) is 2.94. The molecular formula is C16H14F2N2O3. The lowest BCUT2D eigenvalue weighted by molar-refractivity contribution is -0.114. The van der Waals surface area contributed by atoms with E-state index in [1.807, 2.05) is 0 Å². The van der Waals surface area contributed by atoms with E-state index in [1.165, 1.54) is 19.2 Å². The Kier molecular flexibility index (Phi) is 5.24. The molecule has 0 saturated heterocycles. The van der Waals surface area contributed by atoms with E-state index in [4.69, 9.17) is 0 Å². The van der Waals surface area contributed by atoms with Crippen LogP contribution in [0.15, 0.2) is 42.5 Å². The highest BCUT2D eigenvalue weighted by Gasteiger charge is 2.08. The van der Waals surface area contributed by atoms with Crippen molar-refractivity contribution >= 4 is 23.3 Å². The maximum Gasteiger partial charge on any atom is 0.337 e. The molecule has 7 heteroatoms. The second kappa shape index (κ2) is 7.35. The van der Waals surface area contributed by atoms with Crippen LogP contribution in [0.1, 0.15) is 10.4 Å². The maximum absolute atomic E-state index is 13.0. The number of nitrogens with one attached hydrogen (secondary N) is 2. The van der Waals surface area contributed by atoms with Crippen molar-refractivity contribution in [3.63, 3.8) is 0 Å². The van der Waals surface area contributed by atoms with Crippen LogP contribution >= 0.6 is 0 Å². The first-order valence-corrected chi connectivity index (χ1v) is 6.67. The van der Waals surface area contributed by atoms with Crippen LogP contribution in [0, 0.1) is 11.6 Å². The van der Waals surface area contributed by atoms with Crippen LogP contribution in [-0.4, -0.2) is 25.5 Å². The van der Waals surface area contributed by atoms with E-state index in [1.54, 1.807) is 18.2 Å². The quantitative estimate of drug-likeness (QED) is 0.831. The van der Waals surface area contributed by atoms with Gasteiger partial charge in [-0.3, -0.25) is 4.79 Å². The monoisotopic (exact) mass is 320 g/mol. The Morgan fingerprint density at radius 2 is 1.83 bits per heavy atom. The molecule has 0 aliphatic rings. The van der Waals surface area contributed by atoms with Crippen molar-refractivity contribution in [2.45, 2.75) is 0 Å². The summed E-state index contributed by atoms with van der Waals surface area (Å²) in [6, 6.07) is 9.52. The second-order valence-electron chi connectivity index (χ2n) is 4.60. The van der Waals surface area contributed by atoms with Gasteiger partial charge in [0.1, 0.15) is 0 Å². The molecule has 2 N–H and O–H groups in total. The molecule has 0 fully saturated rings. The fourth-order valence-corrected chi connectivity index (χ4v) is 1.84. The fraction of sp³-hybridized carbons (Fsp3) is 0.125. The minimum Gasteiger partial charge on any atom is -0.465 e. The Morgan fingerprint density at radius 1 is 1.04 bits per heavy atom. The summed E-state index contributed by atoms with van der Waals surface area (Å²) in [6.45, 7) is -0.108. The van der Waals surface area contributed by atoms with E-state index in [2.05, 4.69) is 15.4 Å². The smallest absolute Gasteiger partial charge is 0.337 e. The zero-order chi connectivity index (χ0) is 16.8. The zero-order valence-electron chi connectivity index (χ0n) is 12.2. The van der Waals surface area contributed by atoms with E-state index < -0.39 is 23.5 Å². The Balaban J connectivity index is 1.94. The van der Waals surface area contributed by atoms with Crippen LogP contribution in [0.4, 0.5) is 20.2 Å². The van der Waals surface area contributed by atoms with Gasteiger partial charge in [0.25, 0.3) is 0 Å². The van der Waals surface area contributed by atoms with Gasteiger partial charge in [0.15, 0.2) is 11.6 Å². The Morgan fingerprint density at radius 3 is 2.52 bits per heavy atom. The molecule has 0 unspecified atom stereocenters. The van der Waals surface area contributed by atoms with Gasteiger partial charge < -0.3 is 15.4 Å². The number of ether oxygens (including phenoxy) is 1. The highest BCUT2D eigenvalue weighted by Crippen LogP contribution is 2.14. The lowest BCUT2D eigenvalue weighted by Gasteiger charge is -2.09. The number of hydrogen-bond acceptors (Lipinski definition) is 4. The maximum atomic E-state index is 13.0. The molecule has 0 radical (unpaired) electrons. The van der Waals surface area contributed by atoms with Gasteiger partial charge in [0.2, 0.25) is 5.91 Å². The Hall–Kier alpha value is -2.96. The van der Waals surface area contributed by atoms with Crippen molar-refractivity contribution in [3.05, 3.63) is 59.7 Å². The molecule has 2 aromatic carbocycles. The number of rotatable bonds is 5. The van der Waals surface area contributed by atoms with Crippen molar-refractivity contribution in [2.75, 3.05) is 24.3 Å². The number of hydrogen-bond donors (Lipinski definition) is 2. The van der Waals surface area contributed by atoms with Gasteiger partial charge >= 0.3 is 5.97 Å². The number of anilines is 2. The van der Waals surface area contributed by atoms with Gasteiger partial charge in [-0.1, -0.05) is 6.07 Å². The van der Waals surface area contributed by atoms with Crippen LogP contribution in [0.2, 0.25) is 0 Å². The van der Waals surface area contributed by atoms with Crippen LogP contribution in [0.3, 0.4) is 0 Å². The first-order valence-electron chi connectivity index (χ1n) is 6.67. The van der Waals surface area contributed by atoms with Crippen molar-refractivity contribution in [1.82, 2.24) is 0 Å². The van der Waals surface area contributed by atoms with E-state index in [9.17, 15) is 18.4 Å². The minimum absolute atomic E-state index is 0.108. The highest BCUT2D eigenvalue weighted by atomic mass is 19.2. The molecule has 0 aliphatic heterocycles. The SMILES string of the molecule is COC(=O)c1cccc(NCC(=O)Nc2ccc(F)c(F)c2)c1. The zero-order valence-corrected chi connectivity index (χ0v) is 12.2. The number of carbonyl (C=O) groups excluding carboxylic acids is 2. The van der Waals surface area contributed by atoms with Crippen LogP contribution in [0.5, 0.6) is 0 Å². The summed E-state index contributed by atoms with van der Waals surface area (Å²) in [4.78, 5) is 23.2. The number of benzene rings is 2. The second-order valence-corrected chi connectivity index (χ2v) is 4.60. The third-order valence-corrected chi connectivity index (χ3v) is 2.94. The fourth-order valence-electron chi connectivity index (χ4n) is 1.84. The van der Waals surface area contributed by atoms with Gasteiger partial charge in [-0.25, -0.2) is 13.6 Å². The minimum atomic E-state index is -1.04. The van der Waals surface area contributed by atoms with Gasteiger partial charge in [0.05, 0.1) is 19.2 Å². The van der Waals surface area contributed by atoms with E-state index >= 15 is 0 Å². The van der Waals surface area contributed by atoms with Gasteiger partial charge in [-0.2, -0.15) is 0 Å². The number of amides is 1. The summed E-state index contributed by atoms with van der Waals surface area (Å²) in [6.07, 6.45) is 0. The molecule has 0 aromatic heterocycles. The molecule has 0 aliphatic carbocycles. The van der Waals surface area contributed by atoms with E-state index in [0.717, 1.165) is 12.1 Å². The average molecular weight is 320 g/mol. The van der Waals surface area contributed by atoms with Crippen molar-refractivity contribution in [3.8, 4) is 0 Å². The number of esters is 1. The van der Waals surface area contributed by atoms with Gasteiger partial charge in [0, 0.05) is 17.4 Å². The van der Waals surface area contributed by atoms with Crippen molar-refractivity contribution in [2.24, 2.45) is 0 Å². The van der Waals surface area contributed by atoms with Crippen LogP contribution in [-0.2, 0) is 9.53 Å². The van der Waals surface area contributed by atoms with Crippen molar-refractivity contribution < 1.29 is 23.1 Å². The molecule has 120 valence electrons. The highest BCUT2D eigenvalue weighted by molar-refractivity contribution is 5.94. The van der Waals surface area contributed by atoms with Crippen molar-refractivity contribution in [1.29, 1.82) is 0 Å². The van der Waals surface area contributed by atoms with Gasteiger partial charge in [-0.15, -0.1) is 0 Å². The largest absolute Gasteiger partial charge is 0.465 e. The van der Waals surface area contributed by atoms with Crippen LogP contribution in [0.25, 0.3) is 0 Å². The summed E-state index contributed by atoms with van der Waals surface area (Å²) in [7, 11) is 1.28. The number of methoxy groups -OCH3 is 1. The average Bonchev–Trinajstić information content (AvgIpc) is 2.56. The molecule has 0 heterocycles. The van der Waals surface area contributed by atoms with E-state index in [-0.39, 0.29) is 12.2 Å². The first kappa shape index (κ1) is 16.4. The lowest BCUT2D eigenvalue weighted by atomic mass is 10.2. The topological polar surface area (TPSA) is 67.4 Å². The summed E-state index contributed by atoms with van der Waals surface area (Å²) in [5.74, 6) is -2.96. The summed E-state index contributed by atoms with van der Waals surface area (Å²) >= 11 is 0. The van der Waals surface area contributed by atoms with E-state index in [0.29, 0.717) is 11.3 Å². The molecule has 23 heavy (non-hydrogen) atoms. The lowest BCUT2D eigenvalue weighted by Crippen LogP contribution is -2.22. The first-order chi connectivity index (χ1) is 11.0. The normalized spacial score (nSPS) is 10.0. The number of carbonyl (C=O) groups is 2. The Labute approximate surface area is 131 Å². The molecule has 0 spiro atoms. The van der Waals surface area contributed by atoms with Gasteiger partial charge in [-0.05, 0) is 30.3 Å². The molecule has 5 nitrogen and oxygen atoms in total. The molecule has 0 saturated carbocycles.